The van der Waals surface area contributed by atoms with Crippen LogP contribution in [0.3, 0.4) is 0 Å². The molecule has 2 atom stereocenters. The molecule has 2 unspecified atom stereocenters. The van der Waals surface area contributed by atoms with Crippen LogP contribution in [-0.4, -0.2) is 11.8 Å². The number of nitrogens with one attached hydrogen (secondary N) is 2. The van der Waals surface area contributed by atoms with Gasteiger partial charge in [0.2, 0.25) is 11.8 Å². The molecule has 0 bridgehead atoms. The molecule has 3 aromatic rings. The zero-order chi connectivity index (χ0) is 26.2. The maximum absolute atomic E-state index is 13.1. The third-order valence-corrected chi connectivity index (χ3v) is 6.48. The van der Waals surface area contributed by atoms with Gasteiger partial charge in [0.25, 0.3) is 0 Å². The number of rotatable bonds is 10. The summed E-state index contributed by atoms with van der Waals surface area (Å²) in [5.41, 5.74) is 5.68. The quantitative estimate of drug-likeness (QED) is 0.312. The van der Waals surface area contributed by atoms with E-state index in [0.29, 0.717) is 23.2 Å². The predicted octanol–water partition coefficient (Wildman–Crippen LogP) is 7.57. The predicted molar refractivity (Wildman–Crippen MR) is 150 cm³/mol. The molecule has 190 valence electrons. The van der Waals surface area contributed by atoms with Crippen LogP contribution in [0.15, 0.2) is 72.8 Å². The molecular formula is C32H40N2O2. The Bertz CT molecular complexity index is 1060. The molecular weight excluding hydrogens is 444 g/mol. The Balaban J connectivity index is 1.66. The Labute approximate surface area is 216 Å². The van der Waals surface area contributed by atoms with Crippen molar-refractivity contribution in [2.45, 2.75) is 66.2 Å². The number of hydrogen-bond acceptors (Lipinski definition) is 2. The van der Waals surface area contributed by atoms with E-state index in [-0.39, 0.29) is 23.7 Å². The molecule has 3 rings (SSSR count). The largest absolute Gasteiger partial charge is 0.324 e. The van der Waals surface area contributed by atoms with Crippen molar-refractivity contribution < 1.29 is 9.59 Å². The lowest BCUT2D eigenvalue weighted by Crippen LogP contribution is -2.22. The molecule has 3 aromatic carbocycles. The van der Waals surface area contributed by atoms with E-state index in [1.54, 1.807) is 0 Å². The number of amides is 2. The number of benzene rings is 3. The Morgan fingerprint density at radius 1 is 0.556 bits per heavy atom. The van der Waals surface area contributed by atoms with Crippen LogP contribution in [0.4, 0.5) is 11.4 Å². The fourth-order valence-corrected chi connectivity index (χ4v) is 4.31. The van der Waals surface area contributed by atoms with Crippen molar-refractivity contribution in [3.05, 3.63) is 95.1 Å². The second-order valence-corrected chi connectivity index (χ2v) is 10.6. The van der Waals surface area contributed by atoms with Gasteiger partial charge in [-0.25, -0.2) is 0 Å². The van der Waals surface area contributed by atoms with Crippen LogP contribution in [0.2, 0.25) is 0 Å². The maximum atomic E-state index is 13.1. The molecule has 0 aromatic heterocycles. The van der Waals surface area contributed by atoms with Crippen molar-refractivity contribution in [3.8, 4) is 0 Å². The van der Waals surface area contributed by atoms with E-state index < -0.39 is 0 Å². The minimum atomic E-state index is -0.315. The summed E-state index contributed by atoms with van der Waals surface area (Å²) in [6, 6.07) is 23.9. The summed E-state index contributed by atoms with van der Waals surface area (Å²) in [7, 11) is 0. The standard InChI is InChI=1S/C32H40N2O2/c1-21(2)19-25-11-15-27(16-12-25)23(5)31(35)33-29-9-7-8-10-30(29)34-32(36)24(6)28-17-13-26(14-18-28)20-22(3)4/h7-18,21-24H,19-20H2,1-6H3,(H,33,35)(H,34,36). The topological polar surface area (TPSA) is 58.2 Å². The molecule has 0 heterocycles. The van der Waals surface area contributed by atoms with Crippen LogP contribution < -0.4 is 10.6 Å². The minimum Gasteiger partial charge on any atom is -0.324 e. The zero-order valence-electron chi connectivity index (χ0n) is 22.5. The second-order valence-electron chi connectivity index (χ2n) is 10.6. The third kappa shape index (κ3) is 7.55. The monoisotopic (exact) mass is 484 g/mol. The SMILES string of the molecule is CC(C)Cc1ccc(C(C)C(=O)Nc2ccccc2NC(=O)C(C)c2ccc(CC(C)C)cc2)cc1. The molecule has 2 N–H and O–H groups in total. The summed E-state index contributed by atoms with van der Waals surface area (Å²) in [4.78, 5) is 26.1. The van der Waals surface area contributed by atoms with Crippen molar-refractivity contribution in [1.82, 2.24) is 0 Å². The summed E-state index contributed by atoms with van der Waals surface area (Å²) >= 11 is 0. The number of anilines is 2. The first kappa shape index (κ1) is 27.2. The van der Waals surface area contributed by atoms with Crippen molar-refractivity contribution in [2.24, 2.45) is 11.8 Å². The second kappa shape index (κ2) is 12.5. The van der Waals surface area contributed by atoms with Crippen LogP contribution >= 0.6 is 0 Å². The molecule has 0 aliphatic rings. The summed E-state index contributed by atoms with van der Waals surface area (Å²) in [6.45, 7) is 12.6. The molecule has 0 fully saturated rings. The highest BCUT2D eigenvalue weighted by Crippen LogP contribution is 2.26. The average molecular weight is 485 g/mol. The lowest BCUT2D eigenvalue weighted by molar-refractivity contribution is -0.118. The lowest BCUT2D eigenvalue weighted by Gasteiger charge is -2.18. The summed E-state index contributed by atoms with van der Waals surface area (Å²) in [6.07, 6.45) is 2.04. The van der Waals surface area contributed by atoms with Gasteiger partial charge >= 0.3 is 0 Å². The highest BCUT2D eigenvalue weighted by atomic mass is 16.2. The first-order valence-electron chi connectivity index (χ1n) is 13.0. The molecule has 0 saturated heterocycles. The highest BCUT2D eigenvalue weighted by Gasteiger charge is 2.20. The number of hydrogen-bond donors (Lipinski definition) is 2. The van der Waals surface area contributed by atoms with Crippen LogP contribution in [-0.2, 0) is 22.4 Å². The molecule has 4 nitrogen and oxygen atoms in total. The minimum absolute atomic E-state index is 0.109. The van der Waals surface area contributed by atoms with E-state index in [1.807, 2.05) is 62.4 Å². The molecule has 0 radical (unpaired) electrons. The van der Waals surface area contributed by atoms with Crippen molar-refractivity contribution in [2.75, 3.05) is 10.6 Å². The van der Waals surface area contributed by atoms with Gasteiger partial charge in [-0.05, 0) is 72.9 Å². The van der Waals surface area contributed by atoms with Gasteiger partial charge in [-0.15, -0.1) is 0 Å². The fourth-order valence-electron chi connectivity index (χ4n) is 4.31. The van der Waals surface area contributed by atoms with Gasteiger partial charge in [-0.2, -0.15) is 0 Å². The van der Waals surface area contributed by atoms with E-state index in [0.717, 1.165) is 24.0 Å². The Morgan fingerprint density at radius 2 is 0.889 bits per heavy atom. The van der Waals surface area contributed by atoms with Gasteiger partial charge in [-0.3, -0.25) is 9.59 Å². The van der Waals surface area contributed by atoms with E-state index in [9.17, 15) is 9.59 Å². The van der Waals surface area contributed by atoms with Crippen LogP contribution in [0.5, 0.6) is 0 Å². The van der Waals surface area contributed by atoms with Crippen molar-refractivity contribution in [3.63, 3.8) is 0 Å². The summed E-state index contributed by atoms with van der Waals surface area (Å²) in [5.74, 6) is 0.338. The highest BCUT2D eigenvalue weighted by molar-refractivity contribution is 6.03. The van der Waals surface area contributed by atoms with Gasteiger partial charge in [-0.1, -0.05) is 88.4 Å². The fraction of sp³-hybridized carbons (Fsp3) is 0.375. The Kier molecular flexibility index (Phi) is 9.46. The first-order valence-corrected chi connectivity index (χ1v) is 13.0. The Morgan fingerprint density at radius 3 is 1.19 bits per heavy atom. The zero-order valence-corrected chi connectivity index (χ0v) is 22.5. The van der Waals surface area contributed by atoms with E-state index in [4.69, 9.17) is 0 Å². The third-order valence-electron chi connectivity index (χ3n) is 6.48. The lowest BCUT2D eigenvalue weighted by atomic mass is 9.96. The molecule has 4 heteroatoms. The average Bonchev–Trinajstić information content (AvgIpc) is 2.84. The summed E-state index contributed by atoms with van der Waals surface area (Å²) in [5, 5.41) is 6.02. The molecule has 0 aliphatic heterocycles. The molecule has 36 heavy (non-hydrogen) atoms. The first-order chi connectivity index (χ1) is 17.1. The van der Waals surface area contributed by atoms with Gasteiger partial charge in [0.15, 0.2) is 0 Å². The van der Waals surface area contributed by atoms with Gasteiger partial charge < -0.3 is 10.6 Å². The normalized spacial score (nSPS) is 12.9. The summed E-state index contributed by atoms with van der Waals surface area (Å²) < 4.78 is 0. The van der Waals surface area contributed by atoms with Crippen molar-refractivity contribution >= 4 is 23.2 Å². The van der Waals surface area contributed by atoms with Crippen molar-refractivity contribution in [1.29, 1.82) is 0 Å². The maximum Gasteiger partial charge on any atom is 0.231 e. The molecule has 2 amide bonds. The van der Waals surface area contributed by atoms with Gasteiger partial charge in [0.05, 0.1) is 23.2 Å². The molecule has 0 saturated carbocycles. The van der Waals surface area contributed by atoms with Gasteiger partial charge in [0, 0.05) is 0 Å². The van der Waals surface area contributed by atoms with E-state index >= 15 is 0 Å². The van der Waals surface area contributed by atoms with Crippen LogP contribution in [0.25, 0.3) is 0 Å². The number of para-hydroxylation sites is 2. The number of carbonyl (C=O) groups excluding carboxylic acids is 2. The number of carbonyl (C=O) groups is 2. The van der Waals surface area contributed by atoms with E-state index in [2.05, 4.69) is 62.6 Å². The Hall–Kier alpha value is -3.40. The van der Waals surface area contributed by atoms with Gasteiger partial charge in [0.1, 0.15) is 0 Å². The smallest absolute Gasteiger partial charge is 0.231 e. The van der Waals surface area contributed by atoms with Crippen LogP contribution in [0, 0.1) is 11.8 Å². The van der Waals surface area contributed by atoms with Crippen LogP contribution in [0.1, 0.15) is 75.6 Å². The molecule has 0 aliphatic carbocycles. The molecule has 0 spiro atoms. The van der Waals surface area contributed by atoms with E-state index in [1.165, 1.54) is 11.1 Å².